The molecule has 1 heterocycles. The second-order valence-corrected chi connectivity index (χ2v) is 4.67. The molecule has 0 amide bonds. The molecule has 1 aromatic carbocycles. The fourth-order valence-electron chi connectivity index (χ4n) is 1.83. The van der Waals surface area contributed by atoms with Crippen LogP contribution in [-0.4, -0.2) is 24.4 Å². The van der Waals surface area contributed by atoms with Crippen molar-refractivity contribution >= 4 is 0 Å². The lowest BCUT2D eigenvalue weighted by molar-refractivity contribution is 0.124. The Hall–Kier alpha value is -1.26. The lowest BCUT2D eigenvalue weighted by atomic mass is 9.94. The smallest absolute Gasteiger partial charge is 0.161 e. The van der Waals surface area contributed by atoms with E-state index in [0.717, 1.165) is 11.3 Å². The minimum Gasteiger partial charge on any atom is -0.486 e. The average Bonchev–Trinajstić information content (AvgIpc) is 2.36. The lowest BCUT2D eigenvalue weighted by Crippen LogP contribution is -2.33. The van der Waals surface area contributed by atoms with Crippen LogP contribution in [0.25, 0.3) is 0 Å². The van der Waals surface area contributed by atoms with Crippen molar-refractivity contribution < 1.29 is 14.6 Å². The number of aliphatic hydroxyl groups excluding tert-OH is 1. The van der Waals surface area contributed by atoms with E-state index in [1.807, 2.05) is 26.0 Å². The topological polar surface area (TPSA) is 64.7 Å². The maximum Gasteiger partial charge on any atom is 0.161 e. The Morgan fingerprint density at radius 1 is 1.18 bits per heavy atom. The van der Waals surface area contributed by atoms with Crippen molar-refractivity contribution in [1.82, 2.24) is 0 Å². The zero-order chi connectivity index (χ0) is 12.4. The Morgan fingerprint density at radius 3 is 2.47 bits per heavy atom. The normalized spacial score (nSPS) is 17.9. The summed E-state index contributed by atoms with van der Waals surface area (Å²) >= 11 is 0. The first-order valence-electron chi connectivity index (χ1n) is 5.93. The summed E-state index contributed by atoms with van der Waals surface area (Å²) < 4.78 is 10.9. The molecule has 2 atom stereocenters. The van der Waals surface area contributed by atoms with Crippen LogP contribution in [0, 0.1) is 5.92 Å². The zero-order valence-electron chi connectivity index (χ0n) is 10.2. The third kappa shape index (κ3) is 2.53. The summed E-state index contributed by atoms with van der Waals surface area (Å²) in [5.74, 6) is 1.63. The van der Waals surface area contributed by atoms with Crippen LogP contribution in [0.15, 0.2) is 18.2 Å². The monoisotopic (exact) mass is 237 g/mol. The fraction of sp³-hybridized carbons (Fsp3) is 0.538. The van der Waals surface area contributed by atoms with Crippen molar-refractivity contribution in [2.24, 2.45) is 11.7 Å². The minimum atomic E-state index is -0.675. The summed E-state index contributed by atoms with van der Waals surface area (Å²) in [5.41, 5.74) is 6.72. The summed E-state index contributed by atoms with van der Waals surface area (Å²) in [6, 6.07) is 5.18. The molecule has 1 aromatic rings. The molecule has 4 heteroatoms. The third-order valence-electron chi connectivity index (χ3n) is 3.04. The molecule has 0 spiro atoms. The Bertz CT molecular complexity index is 392. The molecule has 1 aliphatic rings. The number of fused-ring (bicyclic) bond motifs is 1. The highest BCUT2D eigenvalue weighted by Crippen LogP contribution is 2.33. The van der Waals surface area contributed by atoms with Gasteiger partial charge in [0.2, 0.25) is 0 Å². The van der Waals surface area contributed by atoms with Crippen molar-refractivity contribution in [3.8, 4) is 11.5 Å². The van der Waals surface area contributed by atoms with Crippen LogP contribution >= 0.6 is 0 Å². The Labute approximate surface area is 101 Å². The molecule has 0 radical (unpaired) electrons. The quantitative estimate of drug-likeness (QED) is 0.835. The van der Waals surface area contributed by atoms with Crippen molar-refractivity contribution in [3.05, 3.63) is 23.8 Å². The predicted molar refractivity (Wildman–Crippen MR) is 65.2 cm³/mol. The van der Waals surface area contributed by atoms with E-state index in [1.54, 1.807) is 6.07 Å². The van der Waals surface area contributed by atoms with Crippen LogP contribution in [0.1, 0.15) is 25.5 Å². The second kappa shape index (κ2) is 4.94. The number of nitrogens with two attached hydrogens (primary N) is 1. The van der Waals surface area contributed by atoms with Crippen LogP contribution in [0.3, 0.4) is 0 Å². The largest absolute Gasteiger partial charge is 0.486 e. The van der Waals surface area contributed by atoms with Crippen LogP contribution in [0.5, 0.6) is 11.5 Å². The van der Waals surface area contributed by atoms with Gasteiger partial charge in [0.05, 0.1) is 6.10 Å². The SMILES string of the molecule is CC(C)C(N)C(O)c1ccc2c(c1)OCCO2. The molecular weight excluding hydrogens is 218 g/mol. The van der Waals surface area contributed by atoms with E-state index in [0.29, 0.717) is 19.0 Å². The maximum absolute atomic E-state index is 10.1. The van der Waals surface area contributed by atoms with Gasteiger partial charge in [0.25, 0.3) is 0 Å². The Balaban J connectivity index is 2.21. The molecule has 0 aromatic heterocycles. The van der Waals surface area contributed by atoms with Gasteiger partial charge in [-0.2, -0.15) is 0 Å². The number of aliphatic hydroxyl groups is 1. The molecule has 2 rings (SSSR count). The minimum absolute atomic E-state index is 0.221. The summed E-state index contributed by atoms with van der Waals surface area (Å²) in [5, 5.41) is 10.1. The first-order valence-corrected chi connectivity index (χ1v) is 5.93. The lowest BCUT2D eigenvalue weighted by Gasteiger charge is -2.24. The average molecular weight is 237 g/mol. The van der Waals surface area contributed by atoms with Gasteiger partial charge in [-0.25, -0.2) is 0 Å². The fourth-order valence-corrected chi connectivity index (χ4v) is 1.83. The molecule has 17 heavy (non-hydrogen) atoms. The van der Waals surface area contributed by atoms with Gasteiger partial charge < -0.3 is 20.3 Å². The summed E-state index contributed by atoms with van der Waals surface area (Å²) in [6.07, 6.45) is -0.675. The number of hydrogen-bond acceptors (Lipinski definition) is 4. The highest BCUT2D eigenvalue weighted by molar-refractivity contribution is 5.44. The maximum atomic E-state index is 10.1. The summed E-state index contributed by atoms with van der Waals surface area (Å²) in [6.45, 7) is 5.10. The van der Waals surface area contributed by atoms with E-state index in [2.05, 4.69) is 0 Å². The van der Waals surface area contributed by atoms with Crippen molar-refractivity contribution in [2.45, 2.75) is 26.0 Å². The van der Waals surface area contributed by atoms with E-state index in [9.17, 15) is 5.11 Å². The molecule has 3 N–H and O–H groups in total. The molecule has 0 bridgehead atoms. The predicted octanol–water partition coefficient (Wildman–Crippen LogP) is 1.47. The second-order valence-electron chi connectivity index (χ2n) is 4.67. The molecule has 0 saturated carbocycles. The number of ether oxygens (including phenoxy) is 2. The van der Waals surface area contributed by atoms with Crippen LogP contribution in [0.2, 0.25) is 0 Å². The van der Waals surface area contributed by atoms with Gasteiger partial charge in [0.15, 0.2) is 11.5 Å². The van der Waals surface area contributed by atoms with Gasteiger partial charge in [-0.15, -0.1) is 0 Å². The Morgan fingerprint density at radius 2 is 1.82 bits per heavy atom. The first-order chi connectivity index (χ1) is 8.09. The highest BCUT2D eigenvalue weighted by atomic mass is 16.6. The molecule has 1 aliphatic heterocycles. The van der Waals surface area contributed by atoms with Crippen LogP contribution in [-0.2, 0) is 0 Å². The van der Waals surface area contributed by atoms with Crippen LogP contribution < -0.4 is 15.2 Å². The van der Waals surface area contributed by atoms with Gasteiger partial charge in [0, 0.05) is 6.04 Å². The molecule has 0 aliphatic carbocycles. The standard InChI is InChI=1S/C13H19NO3/c1-8(2)12(14)13(15)9-3-4-10-11(7-9)17-6-5-16-10/h3-4,7-8,12-13,15H,5-6,14H2,1-2H3. The van der Waals surface area contributed by atoms with E-state index in [1.165, 1.54) is 0 Å². The number of rotatable bonds is 3. The number of hydrogen-bond donors (Lipinski definition) is 2. The van der Waals surface area contributed by atoms with E-state index >= 15 is 0 Å². The molecule has 94 valence electrons. The third-order valence-corrected chi connectivity index (χ3v) is 3.04. The molecular formula is C13H19NO3. The van der Waals surface area contributed by atoms with Crippen molar-refractivity contribution in [2.75, 3.05) is 13.2 Å². The van der Waals surface area contributed by atoms with Crippen LogP contribution in [0.4, 0.5) is 0 Å². The number of benzene rings is 1. The molecule has 4 nitrogen and oxygen atoms in total. The zero-order valence-corrected chi connectivity index (χ0v) is 10.2. The molecule has 2 unspecified atom stereocenters. The summed E-state index contributed by atoms with van der Waals surface area (Å²) in [4.78, 5) is 0. The van der Waals surface area contributed by atoms with Crippen molar-refractivity contribution in [1.29, 1.82) is 0 Å². The van der Waals surface area contributed by atoms with Gasteiger partial charge in [0.1, 0.15) is 13.2 Å². The first kappa shape index (κ1) is 12.2. The van der Waals surface area contributed by atoms with Gasteiger partial charge in [-0.05, 0) is 23.6 Å². The van der Waals surface area contributed by atoms with Crippen molar-refractivity contribution in [3.63, 3.8) is 0 Å². The Kier molecular flexibility index (Phi) is 3.54. The van der Waals surface area contributed by atoms with E-state index < -0.39 is 6.10 Å². The van der Waals surface area contributed by atoms with Gasteiger partial charge in [-0.3, -0.25) is 0 Å². The van der Waals surface area contributed by atoms with E-state index in [-0.39, 0.29) is 12.0 Å². The molecule has 0 saturated heterocycles. The summed E-state index contributed by atoms with van der Waals surface area (Å²) in [7, 11) is 0. The van der Waals surface area contributed by atoms with Gasteiger partial charge in [-0.1, -0.05) is 19.9 Å². The highest BCUT2D eigenvalue weighted by Gasteiger charge is 2.22. The molecule has 0 fully saturated rings. The van der Waals surface area contributed by atoms with Gasteiger partial charge >= 0.3 is 0 Å². The van der Waals surface area contributed by atoms with E-state index in [4.69, 9.17) is 15.2 Å².